The van der Waals surface area contributed by atoms with E-state index in [1.165, 1.54) is 17.9 Å². The maximum absolute atomic E-state index is 6.28. The summed E-state index contributed by atoms with van der Waals surface area (Å²) in [7, 11) is 0. The van der Waals surface area contributed by atoms with E-state index in [0.717, 1.165) is 50.1 Å². The van der Waals surface area contributed by atoms with Gasteiger partial charge in [-0.2, -0.15) is 0 Å². The smallest absolute Gasteiger partial charge is 0.150 e. The standard InChI is InChI=1S/C13H19ClN2O/c1-9-2-5-16-11(8-9)12(14)15-13(16)10-3-6-17-7-4-10/h9-10H,2-8H2,1H3. The number of fused-ring (bicyclic) bond motifs is 1. The summed E-state index contributed by atoms with van der Waals surface area (Å²) in [5.74, 6) is 2.49. The van der Waals surface area contributed by atoms with Crippen LogP contribution in [0.3, 0.4) is 0 Å². The quantitative estimate of drug-likeness (QED) is 0.770. The van der Waals surface area contributed by atoms with E-state index in [4.69, 9.17) is 16.3 Å². The number of rotatable bonds is 1. The Bertz CT molecular complexity index is 410. The molecule has 94 valence electrons. The molecule has 0 N–H and O–H groups in total. The fourth-order valence-corrected chi connectivity index (χ4v) is 3.23. The number of hydrogen-bond acceptors (Lipinski definition) is 2. The molecule has 17 heavy (non-hydrogen) atoms. The molecule has 1 unspecified atom stereocenters. The Labute approximate surface area is 107 Å². The maximum atomic E-state index is 6.28. The minimum Gasteiger partial charge on any atom is -0.381 e. The van der Waals surface area contributed by atoms with E-state index in [-0.39, 0.29) is 0 Å². The summed E-state index contributed by atoms with van der Waals surface area (Å²) in [4.78, 5) is 4.62. The zero-order valence-electron chi connectivity index (χ0n) is 10.3. The van der Waals surface area contributed by atoms with Gasteiger partial charge in [-0.15, -0.1) is 0 Å². The molecule has 1 saturated heterocycles. The molecule has 0 radical (unpaired) electrons. The van der Waals surface area contributed by atoms with E-state index in [1.54, 1.807) is 0 Å². The number of hydrogen-bond donors (Lipinski definition) is 0. The molecule has 3 heterocycles. The third kappa shape index (κ3) is 2.11. The summed E-state index contributed by atoms with van der Waals surface area (Å²) in [6.45, 7) is 5.10. The predicted molar refractivity (Wildman–Crippen MR) is 67.5 cm³/mol. The van der Waals surface area contributed by atoms with Crippen molar-refractivity contribution < 1.29 is 4.74 Å². The van der Waals surface area contributed by atoms with Crippen LogP contribution in [0.15, 0.2) is 0 Å². The minimum absolute atomic E-state index is 0.545. The average molecular weight is 255 g/mol. The van der Waals surface area contributed by atoms with Gasteiger partial charge in [0.1, 0.15) is 5.82 Å². The average Bonchev–Trinajstić information content (AvgIpc) is 2.68. The lowest BCUT2D eigenvalue weighted by atomic mass is 9.96. The Balaban J connectivity index is 1.92. The molecular formula is C13H19ClN2O. The first-order chi connectivity index (χ1) is 8.25. The normalized spacial score (nSPS) is 25.9. The zero-order chi connectivity index (χ0) is 11.8. The third-order valence-corrected chi connectivity index (χ3v) is 4.33. The van der Waals surface area contributed by atoms with Gasteiger partial charge in [0.2, 0.25) is 0 Å². The van der Waals surface area contributed by atoms with Gasteiger partial charge in [-0.05, 0) is 31.6 Å². The second-order valence-corrected chi connectivity index (χ2v) is 5.70. The Kier molecular flexibility index (Phi) is 3.14. The van der Waals surface area contributed by atoms with E-state index >= 15 is 0 Å². The lowest BCUT2D eigenvalue weighted by molar-refractivity contribution is 0.0825. The summed E-state index contributed by atoms with van der Waals surface area (Å²) >= 11 is 6.28. The van der Waals surface area contributed by atoms with Crippen molar-refractivity contribution in [1.82, 2.24) is 9.55 Å². The van der Waals surface area contributed by atoms with Crippen molar-refractivity contribution in [3.8, 4) is 0 Å². The van der Waals surface area contributed by atoms with E-state index in [2.05, 4.69) is 16.5 Å². The van der Waals surface area contributed by atoms with E-state index in [9.17, 15) is 0 Å². The highest BCUT2D eigenvalue weighted by molar-refractivity contribution is 6.30. The molecule has 0 aromatic carbocycles. The Morgan fingerprint density at radius 1 is 1.29 bits per heavy atom. The van der Waals surface area contributed by atoms with E-state index in [0.29, 0.717) is 5.92 Å². The Morgan fingerprint density at radius 3 is 2.82 bits per heavy atom. The van der Waals surface area contributed by atoms with Crippen LogP contribution in [-0.4, -0.2) is 22.8 Å². The second kappa shape index (κ2) is 4.62. The number of halogens is 1. The molecule has 1 aromatic rings. The van der Waals surface area contributed by atoms with Crippen LogP contribution in [-0.2, 0) is 17.7 Å². The molecule has 0 amide bonds. The maximum Gasteiger partial charge on any atom is 0.150 e. The molecule has 3 nitrogen and oxygen atoms in total. The zero-order valence-corrected chi connectivity index (χ0v) is 11.0. The topological polar surface area (TPSA) is 27.1 Å². The number of ether oxygens (including phenoxy) is 1. The molecule has 4 heteroatoms. The van der Waals surface area contributed by atoms with Crippen LogP contribution in [0.5, 0.6) is 0 Å². The minimum atomic E-state index is 0.545. The molecule has 0 bridgehead atoms. The van der Waals surface area contributed by atoms with Crippen molar-refractivity contribution >= 4 is 11.6 Å². The number of nitrogens with zero attached hydrogens (tertiary/aromatic N) is 2. The van der Waals surface area contributed by atoms with Crippen molar-refractivity contribution in [3.05, 3.63) is 16.7 Å². The van der Waals surface area contributed by atoms with Gasteiger partial charge in [0.05, 0.1) is 5.69 Å². The Morgan fingerprint density at radius 2 is 2.06 bits per heavy atom. The molecule has 0 aliphatic carbocycles. The fraction of sp³-hybridized carbons (Fsp3) is 0.769. The highest BCUT2D eigenvalue weighted by atomic mass is 35.5. The molecule has 2 aliphatic heterocycles. The first-order valence-corrected chi connectivity index (χ1v) is 6.96. The second-order valence-electron chi connectivity index (χ2n) is 5.34. The highest BCUT2D eigenvalue weighted by Gasteiger charge is 2.27. The van der Waals surface area contributed by atoms with Crippen LogP contribution in [0.1, 0.15) is 43.6 Å². The number of aromatic nitrogens is 2. The van der Waals surface area contributed by atoms with E-state index < -0.39 is 0 Å². The molecule has 2 aliphatic rings. The first kappa shape index (κ1) is 11.5. The van der Waals surface area contributed by atoms with Crippen molar-refractivity contribution in [2.45, 2.75) is 45.1 Å². The summed E-state index contributed by atoms with van der Waals surface area (Å²) in [6, 6.07) is 0. The van der Waals surface area contributed by atoms with Crippen LogP contribution in [0.25, 0.3) is 0 Å². The van der Waals surface area contributed by atoms with Crippen molar-refractivity contribution in [1.29, 1.82) is 0 Å². The van der Waals surface area contributed by atoms with Gasteiger partial charge in [0.25, 0.3) is 0 Å². The lowest BCUT2D eigenvalue weighted by Gasteiger charge is -2.26. The lowest BCUT2D eigenvalue weighted by Crippen LogP contribution is -2.22. The molecule has 1 aromatic heterocycles. The van der Waals surface area contributed by atoms with Crippen LogP contribution in [0.2, 0.25) is 5.15 Å². The number of imidazole rings is 1. The monoisotopic (exact) mass is 254 g/mol. The highest BCUT2D eigenvalue weighted by Crippen LogP contribution is 2.33. The van der Waals surface area contributed by atoms with Gasteiger partial charge in [0, 0.05) is 25.7 Å². The van der Waals surface area contributed by atoms with Crippen molar-refractivity contribution in [2.75, 3.05) is 13.2 Å². The van der Waals surface area contributed by atoms with Crippen LogP contribution in [0.4, 0.5) is 0 Å². The SMILES string of the molecule is CC1CCn2c(C3CCOCC3)nc(Cl)c2C1. The molecular weight excluding hydrogens is 236 g/mol. The summed E-state index contributed by atoms with van der Waals surface area (Å²) < 4.78 is 7.79. The van der Waals surface area contributed by atoms with Gasteiger partial charge in [-0.25, -0.2) is 4.98 Å². The van der Waals surface area contributed by atoms with Gasteiger partial charge < -0.3 is 9.30 Å². The molecule has 1 fully saturated rings. The van der Waals surface area contributed by atoms with Gasteiger partial charge in [-0.3, -0.25) is 0 Å². The van der Waals surface area contributed by atoms with Crippen molar-refractivity contribution in [3.63, 3.8) is 0 Å². The molecule has 3 rings (SSSR count). The van der Waals surface area contributed by atoms with Gasteiger partial charge in [0.15, 0.2) is 5.15 Å². The van der Waals surface area contributed by atoms with Gasteiger partial charge >= 0.3 is 0 Å². The molecule has 0 saturated carbocycles. The van der Waals surface area contributed by atoms with Crippen LogP contribution in [0, 0.1) is 5.92 Å². The summed E-state index contributed by atoms with van der Waals surface area (Å²) in [5, 5.41) is 0.734. The van der Waals surface area contributed by atoms with Crippen molar-refractivity contribution in [2.24, 2.45) is 5.92 Å². The summed E-state index contributed by atoms with van der Waals surface area (Å²) in [6.07, 6.45) is 4.50. The predicted octanol–water partition coefficient (Wildman–Crippen LogP) is 3.01. The van der Waals surface area contributed by atoms with Crippen LogP contribution >= 0.6 is 11.6 Å². The molecule has 0 spiro atoms. The largest absolute Gasteiger partial charge is 0.381 e. The van der Waals surface area contributed by atoms with Gasteiger partial charge in [-0.1, -0.05) is 18.5 Å². The fourth-order valence-electron chi connectivity index (χ4n) is 2.97. The van der Waals surface area contributed by atoms with Crippen LogP contribution < -0.4 is 0 Å². The first-order valence-electron chi connectivity index (χ1n) is 6.58. The third-order valence-electron chi connectivity index (χ3n) is 4.03. The molecule has 1 atom stereocenters. The summed E-state index contributed by atoms with van der Waals surface area (Å²) in [5.41, 5.74) is 1.26. The Hall–Kier alpha value is -0.540. The van der Waals surface area contributed by atoms with E-state index in [1.807, 2.05) is 0 Å².